The summed E-state index contributed by atoms with van der Waals surface area (Å²) in [4.78, 5) is 14.4. The predicted molar refractivity (Wildman–Crippen MR) is 80.2 cm³/mol. The van der Waals surface area contributed by atoms with Gasteiger partial charge in [-0.2, -0.15) is 4.98 Å². The van der Waals surface area contributed by atoms with Gasteiger partial charge in [0.15, 0.2) is 5.82 Å². The van der Waals surface area contributed by atoms with Gasteiger partial charge in [0, 0.05) is 31.5 Å². The van der Waals surface area contributed by atoms with Crippen molar-refractivity contribution >= 4 is 0 Å². The van der Waals surface area contributed by atoms with Crippen LogP contribution in [0.25, 0.3) is 0 Å². The van der Waals surface area contributed by atoms with Gasteiger partial charge in [0.25, 0.3) is 0 Å². The van der Waals surface area contributed by atoms with Crippen LogP contribution in [0.2, 0.25) is 0 Å². The van der Waals surface area contributed by atoms with E-state index < -0.39 is 0 Å². The summed E-state index contributed by atoms with van der Waals surface area (Å²) in [7, 11) is 1.75. The Hall–Kier alpha value is -1.73. The molecule has 0 spiro atoms. The van der Waals surface area contributed by atoms with Crippen LogP contribution in [0.4, 0.5) is 0 Å². The van der Waals surface area contributed by atoms with E-state index in [1.165, 1.54) is 0 Å². The lowest BCUT2D eigenvalue weighted by Crippen LogP contribution is -2.25. The molecule has 1 saturated heterocycles. The molecule has 22 heavy (non-hydrogen) atoms. The van der Waals surface area contributed by atoms with Crippen LogP contribution in [0.15, 0.2) is 16.9 Å². The Balaban J connectivity index is 1.76. The number of likely N-dealkylation sites (tertiary alicyclic amines) is 1. The number of H-pyrrole nitrogens is 1. The standard InChI is InChI=1S/C15H23N5O2/c1-15(2,3)14-18-12(22-19-14)9-20-8-10(21-4)7-11(20)13-16-5-6-17-13/h5-6,10-11H,7-9H2,1-4H3,(H,16,17)/t10-,11?/m1/s1. The molecule has 1 aliphatic rings. The first-order valence-electron chi connectivity index (χ1n) is 7.56. The minimum atomic E-state index is -0.109. The van der Waals surface area contributed by atoms with Gasteiger partial charge >= 0.3 is 0 Å². The van der Waals surface area contributed by atoms with Crippen molar-refractivity contribution in [2.24, 2.45) is 0 Å². The summed E-state index contributed by atoms with van der Waals surface area (Å²) in [6, 6.07) is 0.185. The molecule has 2 atom stereocenters. The van der Waals surface area contributed by atoms with Gasteiger partial charge in [-0.15, -0.1) is 0 Å². The van der Waals surface area contributed by atoms with Crippen LogP contribution in [0.1, 0.15) is 50.8 Å². The highest BCUT2D eigenvalue weighted by Gasteiger charge is 2.36. The number of aromatic nitrogens is 4. The van der Waals surface area contributed by atoms with Gasteiger partial charge in [-0.3, -0.25) is 4.90 Å². The summed E-state index contributed by atoms with van der Waals surface area (Å²) in [5, 5.41) is 4.09. The van der Waals surface area contributed by atoms with Crippen LogP contribution < -0.4 is 0 Å². The molecule has 7 heteroatoms. The number of nitrogens with zero attached hydrogens (tertiary/aromatic N) is 4. The second-order valence-corrected chi connectivity index (χ2v) is 6.77. The van der Waals surface area contributed by atoms with E-state index in [4.69, 9.17) is 9.26 Å². The number of hydrogen-bond donors (Lipinski definition) is 1. The normalized spacial score (nSPS) is 23.3. The average molecular weight is 305 g/mol. The maximum atomic E-state index is 5.52. The zero-order valence-electron chi connectivity index (χ0n) is 13.5. The van der Waals surface area contributed by atoms with E-state index in [0.717, 1.165) is 24.6 Å². The third kappa shape index (κ3) is 3.05. The van der Waals surface area contributed by atoms with Gasteiger partial charge in [0.05, 0.1) is 18.7 Å². The summed E-state index contributed by atoms with van der Waals surface area (Å²) in [5.41, 5.74) is -0.109. The molecule has 1 N–H and O–H groups in total. The van der Waals surface area contributed by atoms with Crippen LogP contribution in [0.5, 0.6) is 0 Å². The highest BCUT2D eigenvalue weighted by Crippen LogP contribution is 2.32. The molecule has 0 aliphatic carbocycles. The fourth-order valence-corrected chi connectivity index (χ4v) is 2.75. The summed E-state index contributed by atoms with van der Waals surface area (Å²) in [6.45, 7) is 7.65. The molecule has 1 unspecified atom stereocenters. The quantitative estimate of drug-likeness (QED) is 0.931. The van der Waals surface area contributed by atoms with Crippen molar-refractivity contribution < 1.29 is 9.26 Å². The second kappa shape index (κ2) is 5.81. The number of hydrogen-bond acceptors (Lipinski definition) is 6. The van der Waals surface area contributed by atoms with Gasteiger partial charge < -0.3 is 14.2 Å². The lowest BCUT2D eigenvalue weighted by molar-refractivity contribution is 0.105. The van der Waals surface area contributed by atoms with E-state index in [1.54, 1.807) is 13.3 Å². The smallest absolute Gasteiger partial charge is 0.240 e. The molecule has 3 heterocycles. The SMILES string of the molecule is CO[C@@H]1CC(c2ncc[nH]2)N(Cc2nc(C(C)(C)C)no2)C1. The molecule has 0 aromatic carbocycles. The maximum absolute atomic E-state index is 5.52. The number of methoxy groups -OCH3 is 1. The molecular weight excluding hydrogens is 282 g/mol. The molecule has 0 bridgehead atoms. The van der Waals surface area contributed by atoms with Crippen molar-refractivity contribution in [1.29, 1.82) is 0 Å². The van der Waals surface area contributed by atoms with Crippen molar-refractivity contribution in [3.63, 3.8) is 0 Å². The van der Waals surface area contributed by atoms with Gasteiger partial charge in [-0.05, 0) is 6.42 Å². The lowest BCUT2D eigenvalue weighted by atomic mass is 9.96. The van der Waals surface area contributed by atoms with E-state index in [-0.39, 0.29) is 17.6 Å². The molecule has 0 saturated carbocycles. The molecule has 0 radical (unpaired) electrons. The first kappa shape index (κ1) is 15.2. The topological polar surface area (TPSA) is 80.1 Å². The van der Waals surface area contributed by atoms with Crippen molar-refractivity contribution in [2.45, 2.75) is 51.3 Å². The monoisotopic (exact) mass is 305 g/mol. The number of nitrogens with one attached hydrogen (secondary N) is 1. The Morgan fingerprint density at radius 2 is 2.27 bits per heavy atom. The molecule has 7 nitrogen and oxygen atoms in total. The van der Waals surface area contributed by atoms with Crippen molar-refractivity contribution in [3.8, 4) is 0 Å². The molecular formula is C15H23N5O2. The largest absolute Gasteiger partial charge is 0.380 e. The first-order valence-corrected chi connectivity index (χ1v) is 7.56. The molecule has 1 fully saturated rings. The molecule has 0 amide bonds. The van der Waals surface area contributed by atoms with Gasteiger partial charge in [-0.25, -0.2) is 4.98 Å². The third-order valence-corrected chi connectivity index (χ3v) is 4.01. The Morgan fingerprint density at radius 3 is 2.86 bits per heavy atom. The van der Waals surface area contributed by atoms with Crippen molar-refractivity contribution in [1.82, 2.24) is 25.0 Å². The second-order valence-electron chi connectivity index (χ2n) is 6.77. The van der Waals surface area contributed by atoms with Crippen molar-refractivity contribution in [3.05, 3.63) is 29.9 Å². The fourth-order valence-electron chi connectivity index (χ4n) is 2.75. The minimum Gasteiger partial charge on any atom is -0.380 e. The van der Waals surface area contributed by atoms with Crippen molar-refractivity contribution in [2.75, 3.05) is 13.7 Å². The summed E-state index contributed by atoms with van der Waals surface area (Å²) in [5.74, 6) is 2.33. The maximum Gasteiger partial charge on any atom is 0.240 e. The Kier molecular flexibility index (Phi) is 4.01. The molecule has 120 valence electrons. The van der Waals surface area contributed by atoms with Gasteiger partial charge in [0.1, 0.15) is 5.82 Å². The van der Waals surface area contributed by atoms with E-state index in [9.17, 15) is 0 Å². The highest BCUT2D eigenvalue weighted by atomic mass is 16.5. The van der Waals surface area contributed by atoms with E-state index >= 15 is 0 Å². The Morgan fingerprint density at radius 1 is 1.45 bits per heavy atom. The third-order valence-electron chi connectivity index (χ3n) is 4.01. The van der Waals surface area contributed by atoms with Gasteiger partial charge in [0.2, 0.25) is 5.89 Å². The average Bonchev–Trinajstić information content (AvgIpc) is 3.17. The number of imidazole rings is 1. The number of aromatic amines is 1. The van der Waals surface area contributed by atoms with Gasteiger partial charge in [-0.1, -0.05) is 25.9 Å². The minimum absolute atomic E-state index is 0.109. The summed E-state index contributed by atoms with van der Waals surface area (Å²) < 4.78 is 10.9. The zero-order chi connectivity index (χ0) is 15.7. The van der Waals surface area contributed by atoms with E-state index in [2.05, 4.69) is 45.8 Å². The van der Waals surface area contributed by atoms with Crippen LogP contribution >= 0.6 is 0 Å². The highest BCUT2D eigenvalue weighted by molar-refractivity contribution is 5.04. The van der Waals surface area contributed by atoms with E-state index in [0.29, 0.717) is 12.4 Å². The molecule has 3 rings (SSSR count). The summed E-state index contributed by atoms with van der Waals surface area (Å²) >= 11 is 0. The van der Waals surface area contributed by atoms with Crippen LogP contribution in [-0.2, 0) is 16.7 Å². The molecule has 2 aromatic rings. The zero-order valence-corrected chi connectivity index (χ0v) is 13.5. The van der Waals surface area contributed by atoms with Crippen LogP contribution in [0.3, 0.4) is 0 Å². The Labute approximate surface area is 130 Å². The molecule has 2 aromatic heterocycles. The lowest BCUT2D eigenvalue weighted by Gasteiger charge is -2.20. The molecule has 1 aliphatic heterocycles. The number of ether oxygens (including phenoxy) is 1. The van der Waals surface area contributed by atoms with Crippen LogP contribution in [-0.4, -0.2) is 44.8 Å². The predicted octanol–water partition coefficient (Wildman–Crippen LogP) is 2.05. The van der Waals surface area contributed by atoms with Crippen LogP contribution in [0, 0.1) is 0 Å². The summed E-state index contributed by atoms with van der Waals surface area (Å²) in [6.07, 6.45) is 4.72. The first-order chi connectivity index (χ1) is 10.5. The van der Waals surface area contributed by atoms with E-state index in [1.807, 2.05) is 6.20 Å². The number of rotatable bonds is 4. The fraction of sp³-hybridized carbons (Fsp3) is 0.667. The Bertz CT molecular complexity index is 602.